The summed E-state index contributed by atoms with van der Waals surface area (Å²) in [6.07, 6.45) is -3.03. The molecule has 12 heteroatoms. The van der Waals surface area contributed by atoms with E-state index in [0.717, 1.165) is 11.6 Å². The number of Topliss-reactive ketones (excluding diaryl/α,β-unsaturated/α-hetero) is 1. The van der Waals surface area contributed by atoms with Crippen LogP contribution in [0.25, 0.3) is 6.08 Å². The average Bonchev–Trinajstić information content (AvgIpc) is 3.05. The predicted molar refractivity (Wildman–Crippen MR) is 168 cm³/mol. The molecular formula is C35H40O12. The Kier molecular flexibility index (Phi) is 12.3. The summed E-state index contributed by atoms with van der Waals surface area (Å²) in [5.41, 5.74) is 2.89. The molecule has 0 aromatic heterocycles. The molecule has 3 aromatic rings. The summed E-state index contributed by atoms with van der Waals surface area (Å²) in [6.45, 7) is 1.05. The molecule has 0 amide bonds. The molecule has 0 spiro atoms. The highest BCUT2D eigenvalue weighted by Gasteiger charge is 2.43. The number of aryl methyl sites for hydroxylation is 3. The maximum atomic E-state index is 13.1. The topological polar surface area (TPSA) is 203 Å². The molecule has 4 unspecified atom stereocenters. The smallest absolute Gasteiger partial charge is 0.331 e. The zero-order chi connectivity index (χ0) is 34.1. The van der Waals surface area contributed by atoms with Gasteiger partial charge in [0, 0.05) is 24.5 Å². The van der Waals surface area contributed by atoms with Crippen molar-refractivity contribution in [2.45, 2.75) is 76.3 Å². The number of hydrogen-bond donors (Lipinski definition) is 7. The van der Waals surface area contributed by atoms with Gasteiger partial charge in [-0.2, -0.15) is 0 Å². The Bertz CT molecular complexity index is 1570. The highest BCUT2D eigenvalue weighted by Crippen LogP contribution is 2.28. The minimum absolute atomic E-state index is 0.0744. The summed E-state index contributed by atoms with van der Waals surface area (Å²) in [6, 6.07) is 13.9. The molecule has 252 valence electrons. The normalized spacial score (nSPS) is 20.3. The van der Waals surface area contributed by atoms with E-state index in [9.17, 15) is 45.3 Å². The first-order valence-electron chi connectivity index (χ1n) is 15.2. The lowest BCUT2D eigenvalue weighted by molar-refractivity contribution is -0.286. The number of hydrogen-bond acceptors (Lipinski definition) is 12. The lowest BCUT2D eigenvalue weighted by Crippen LogP contribution is -2.56. The van der Waals surface area contributed by atoms with Gasteiger partial charge in [0.1, 0.15) is 29.5 Å². The summed E-state index contributed by atoms with van der Waals surface area (Å²) in [7, 11) is 0. The van der Waals surface area contributed by atoms with E-state index in [-0.39, 0.29) is 53.8 Å². The summed E-state index contributed by atoms with van der Waals surface area (Å²) in [5.74, 6) is -1.60. The Morgan fingerprint density at radius 2 is 1.62 bits per heavy atom. The first-order valence-corrected chi connectivity index (χ1v) is 15.2. The maximum absolute atomic E-state index is 13.1. The number of ketones is 1. The second-order valence-corrected chi connectivity index (χ2v) is 11.5. The van der Waals surface area contributed by atoms with E-state index in [1.807, 2.05) is 6.07 Å². The summed E-state index contributed by atoms with van der Waals surface area (Å²) >= 11 is 0. The van der Waals surface area contributed by atoms with Crippen LogP contribution in [-0.2, 0) is 43.2 Å². The third-order valence-corrected chi connectivity index (χ3v) is 7.91. The highest BCUT2D eigenvalue weighted by molar-refractivity contribution is 5.87. The fourth-order valence-electron chi connectivity index (χ4n) is 5.09. The molecule has 1 aliphatic rings. The van der Waals surface area contributed by atoms with Gasteiger partial charge in [-0.1, -0.05) is 24.3 Å². The second kappa shape index (κ2) is 16.4. The fourth-order valence-corrected chi connectivity index (χ4v) is 5.09. The van der Waals surface area contributed by atoms with Crippen molar-refractivity contribution in [1.82, 2.24) is 0 Å². The number of aromatic hydroxyl groups is 4. The molecule has 0 aliphatic carbocycles. The van der Waals surface area contributed by atoms with Crippen molar-refractivity contribution < 1.29 is 59.5 Å². The Hall–Kier alpha value is -4.46. The van der Waals surface area contributed by atoms with Crippen molar-refractivity contribution in [1.29, 1.82) is 0 Å². The number of carbonyl (C=O) groups is 2. The van der Waals surface area contributed by atoms with Crippen LogP contribution >= 0.6 is 0 Å². The number of carbonyl (C=O) groups excluding carboxylic acids is 2. The largest absolute Gasteiger partial charge is 0.508 e. The Morgan fingerprint density at radius 3 is 2.34 bits per heavy atom. The first-order chi connectivity index (χ1) is 22.4. The molecular weight excluding hydrogens is 612 g/mol. The predicted octanol–water partition coefficient (Wildman–Crippen LogP) is 2.92. The Labute approximate surface area is 271 Å². The first kappa shape index (κ1) is 35.4. The lowest BCUT2D eigenvalue weighted by atomic mass is 9.98. The number of aliphatic hydroxyl groups is 3. The van der Waals surface area contributed by atoms with E-state index in [1.165, 1.54) is 36.4 Å². The summed E-state index contributed by atoms with van der Waals surface area (Å²) in [5, 5.41) is 69.6. The van der Waals surface area contributed by atoms with Crippen LogP contribution in [0, 0.1) is 6.92 Å². The zero-order valence-electron chi connectivity index (χ0n) is 25.9. The third-order valence-electron chi connectivity index (χ3n) is 7.91. The number of ether oxygens (including phenoxy) is 3. The van der Waals surface area contributed by atoms with Crippen molar-refractivity contribution in [3.05, 3.63) is 88.5 Å². The molecule has 5 atom stereocenters. The molecule has 1 fully saturated rings. The quantitative estimate of drug-likeness (QED) is 0.0763. The molecule has 0 radical (unpaired) electrons. The van der Waals surface area contributed by atoms with Gasteiger partial charge in [-0.3, -0.25) is 4.79 Å². The number of benzene rings is 3. The van der Waals surface area contributed by atoms with Gasteiger partial charge in [-0.15, -0.1) is 0 Å². The van der Waals surface area contributed by atoms with Crippen LogP contribution in [0.15, 0.2) is 60.7 Å². The summed E-state index contributed by atoms with van der Waals surface area (Å²) < 4.78 is 17.3. The Morgan fingerprint density at radius 1 is 0.915 bits per heavy atom. The van der Waals surface area contributed by atoms with Crippen molar-refractivity contribution in [2.24, 2.45) is 0 Å². The fraction of sp³-hybridized carbons (Fsp3) is 0.371. The zero-order valence-corrected chi connectivity index (χ0v) is 25.9. The number of phenols is 4. The maximum Gasteiger partial charge on any atom is 0.331 e. The van der Waals surface area contributed by atoms with Gasteiger partial charge in [0.2, 0.25) is 0 Å². The van der Waals surface area contributed by atoms with E-state index in [4.69, 9.17) is 14.2 Å². The number of phenolic OH excluding ortho intramolecular Hbond substituents is 3. The van der Waals surface area contributed by atoms with E-state index in [0.29, 0.717) is 36.0 Å². The molecule has 3 aromatic carbocycles. The number of esters is 1. The molecule has 1 aliphatic heterocycles. The van der Waals surface area contributed by atoms with Gasteiger partial charge < -0.3 is 50.0 Å². The molecule has 7 N–H and O–H groups in total. The van der Waals surface area contributed by atoms with Crippen molar-refractivity contribution >= 4 is 17.8 Å². The van der Waals surface area contributed by atoms with Gasteiger partial charge in [-0.25, -0.2) is 4.79 Å². The SMILES string of the molecule is Cc1ccc(CC[C@@H](CC(=O)CCc2ccc(O)c(O)c2)OC2OCC(O)C(O)C2OC(=O)/C=C/c2ccc(O)c(CO)c2)cc1O. The van der Waals surface area contributed by atoms with E-state index in [1.54, 1.807) is 25.1 Å². The van der Waals surface area contributed by atoms with Crippen LogP contribution in [0.4, 0.5) is 0 Å². The van der Waals surface area contributed by atoms with Crippen LogP contribution in [0.5, 0.6) is 23.0 Å². The van der Waals surface area contributed by atoms with Crippen molar-refractivity contribution in [2.75, 3.05) is 6.61 Å². The van der Waals surface area contributed by atoms with Crippen LogP contribution in [0.3, 0.4) is 0 Å². The monoisotopic (exact) mass is 652 g/mol. The minimum atomic E-state index is -1.56. The van der Waals surface area contributed by atoms with Gasteiger partial charge >= 0.3 is 5.97 Å². The van der Waals surface area contributed by atoms with E-state index < -0.39 is 43.3 Å². The molecule has 1 heterocycles. The van der Waals surface area contributed by atoms with Crippen LogP contribution < -0.4 is 0 Å². The molecule has 0 saturated carbocycles. The van der Waals surface area contributed by atoms with Crippen LogP contribution in [0.2, 0.25) is 0 Å². The average molecular weight is 653 g/mol. The number of aliphatic hydroxyl groups excluding tert-OH is 3. The molecule has 12 nitrogen and oxygen atoms in total. The molecule has 47 heavy (non-hydrogen) atoms. The lowest BCUT2D eigenvalue weighted by Gasteiger charge is -2.38. The van der Waals surface area contributed by atoms with E-state index in [2.05, 4.69) is 0 Å². The van der Waals surface area contributed by atoms with Crippen molar-refractivity contribution in [3.8, 4) is 23.0 Å². The second-order valence-electron chi connectivity index (χ2n) is 11.5. The van der Waals surface area contributed by atoms with Crippen molar-refractivity contribution in [3.63, 3.8) is 0 Å². The highest BCUT2D eigenvalue weighted by atomic mass is 16.7. The van der Waals surface area contributed by atoms with Gasteiger partial charge in [-0.05, 0) is 84.8 Å². The standard InChI is InChI=1S/C35H40O12/c1-20-2-3-22(15-29(20)40)5-10-26(17-25(37)9-4-23-7-12-28(39)30(41)16-23)46-35-34(33(44)31(42)19-45-35)47-32(43)13-8-21-6-11-27(38)24(14-21)18-36/h2-3,6-8,11-16,26,31,33-36,38-42,44H,4-5,9-10,17-19H2,1H3/b13-8+/t26-,31?,33?,34?,35?/m0/s1. The van der Waals surface area contributed by atoms with Crippen LogP contribution in [-0.4, -0.2) is 84.8 Å². The molecule has 0 bridgehead atoms. The van der Waals surface area contributed by atoms with Gasteiger partial charge in [0.25, 0.3) is 0 Å². The third kappa shape index (κ3) is 10.0. The summed E-state index contributed by atoms with van der Waals surface area (Å²) in [4.78, 5) is 25.9. The van der Waals surface area contributed by atoms with Gasteiger partial charge in [0.05, 0.1) is 19.3 Å². The van der Waals surface area contributed by atoms with E-state index >= 15 is 0 Å². The van der Waals surface area contributed by atoms with Gasteiger partial charge in [0.15, 0.2) is 23.9 Å². The minimum Gasteiger partial charge on any atom is -0.508 e. The number of rotatable bonds is 14. The molecule has 1 saturated heterocycles. The Balaban J connectivity index is 1.47. The van der Waals surface area contributed by atoms with Crippen LogP contribution in [0.1, 0.15) is 47.1 Å². The molecule has 4 rings (SSSR count).